The van der Waals surface area contributed by atoms with E-state index >= 15 is 0 Å². The molecule has 1 heterocycles. The average molecular weight is 339 g/mol. The van der Waals surface area contributed by atoms with Crippen molar-refractivity contribution in [3.05, 3.63) is 28.2 Å². The first-order valence-electron chi connectivity index (χ1n) is 7.89. The first-order valence-corrected chi connectivity index (χ1v) is 8.68. The summed E-state index contributed by atoms with van der Waals surface area (Å²) in [7, 11) is 0. The van der Waals surface area contributed by atoms with Gasteiger partial charge in [-0.05, 0) is 62.3 Å². The number of nitrogens with zero attached hydrogens (tertiary/aromatic N) is 1. The molecule has 20 heavy (non-hydrogen) atoms. The van der Waals surface area contributed by atoms with E-state index in [4.69, 9.17) is 5.73 Å². The van der Waals surface area contributed by atoms with Crippen molar-refractivity contribution in [3.8, 4) is 0 Å². The van der Waals surface area contributed by atoms with E-state index in [-0.39, 0.29) is 6.04 Å². The smallest absolute Gasteiger partial charge is 0.0400 e. The van der Waals surface area contributed by atoms with Gasteiger partial charge in [-0.1, -0.05) is 29.3 Å². The Labute approximate surface area is 131 Å². The van der Waals surface area contributed by atoms with Crippen LogP contribution in [-0.2, 0) is 6.42 Å². The fraction of sp³-hybridized carbons (Fsp3) is 0.647. The Bertz CT molecular complexity index is 431. The summed E-state index contributed by atoms with van der Waals surface area (Å²) < 4.78 is 1.15. The minimum absolute atomic E-state index is 0.207. The monoisotopic (exact) mass is 338 g/mol. The topological polar surface area (TPSA) is 29.3 Å². The van der Waals surface area contributed by atoms with Crippen LogP contribution in [0.2, 0.25) is 0 Å². The summed E-state index contributed by atoms with van der Waals surface area (Å²) in [5.41, 5.74) is 8.78. The zero-order valence-electron chi connectivity index (χ0n) is 12.7. The Morgan fingerprint density at radius 2 is 2.15 bits per heavy atom. The van der Waals surface area contributed by atoms with E-state index in [1.54, 1.807) is 0 Å². The normalized spacial score (nSPS) is 21.6. The number of anilines is 1. The van der Waals surface area contributed by atoms with E-state index in [9.17, 15) is 0 Å². The molecule has 2 unspecified atom stereocenters. The van der Waals surface area contributed by atoms with Crippen molar-refractivity contribution in [2.24, 2.45) is 11.7 Å². The van der Waals surface area contributed by atoms with Crippen LogP contribution in [-0.4, -0.2) is 19.1 Å². The molecule has 0 aliphatic carbocycles. The predicted molar refractivity (Wildman–Crippen MR) is 91.3 cm³/mol. The largest absolute Gasteiger partial charge is 0.371 e. The number of rotatable bonds is 4. The molecule has 1 aromatic carbocycles. The van der Waals surface area contributed by atoms with E-state index in [2.05, 4.69) is 52.9 Å². The number of hydrogen-bond acceptors (Lipinski definition) is 2. The Balaban J connectivity index is 2.18. The molecule has 1 aliphatic rings. The number of halogens is 1. The lowest BCUT2D eigenvalue weighted by Crippen LogP contribution is -2.27. The van der Waals surface area contributed by atoms with Crippen LogP contribution < -0.4 is 10.6 Å². The fourth-order valence-corrected chi connectivity index (χ4v) is 3.60. The van der Waals surface area contributed by atoms with Crippen molar-refractivity contribution in [1.29, 1.82) is 0 Å². The third-order valence-electron chi connectivity index (χ3n) is 4.35. The first kappa shape index (κ1) is 15.8. The molecule has 2 rings (SSSR count). The third kappa shape index (κ3) is 4.23. The Morgan fingerprint density at radius 3 is 2.85 bits per heavy atom. The van der Waals surface area contributed by atoms with Crippen molar-refractivity contribution < 1.29 is 0 Å². The van der Waals surface area contributed by atoms with Crippen molar-refractivity contribution in [1.82, 2.24) is 0 Å². The van der Waals surface area contributed by atoms with Gasteiger partial charge in [0.1, 0.15) is 0 Å². The summed E-state index contributed by atoms with van der Waals surface area (Å²) in [5, 5.41) is 0. The minimum atomic E-state index is 0.207. The van der Waals surface area contributed by atoms with Gasteiger partial charge in [-0.25, -0.2) is 0 Å². The van der Waals surface area contributed by atoms with Gasteiger partial charge >= 0.3 is 0 Å². The van der Waals surface area contributed by atoms with Gasteiger partial charge in [0.05, 0.1) is 0 Å². The summed E-state index contributed by atoms with van der Waals surface area (Å²) in [6.45, 7) is 6.78. The van der Waals surface area contributed by atoms with Crippen LogP contribution >= 0.6 is 15.9 Å². The van der Waals surface area contributed by atoms with E-state index in [0.717, 1.165) is 16.8 Å². The number of hydrogen-bond donors (Lipinski definition) is 1. The molecule has 2 N–H and O–H groups in total. The molecule has 112 valence electrons. The molecule has 1 aromatic rings. The molecule has 1 saturated heterocycles. The fourth-order valence-electron chi connectivity index (χ4n) is 3.19. The lowest BCUT2D eigenvalue weighted by atomic mass is 9.98. The average Bonchev–Trinajstić information content (AvgIpc) is 2.63. The summed E-state index contributed by atoms with van der Waals surface area (Å²) in [5.74, 6) is 0.910. The SMILES string of the molecule is CCC1CCCN(c2ccc(Br)cc2CC(C)N)CC1. The highest BCUT2D eigenvalue weighted by Crippen LogP contribution is 2.29. The van der Waals surface area contributed by atoms with Gasteiger partial charge in [0.2, 0.25) is 0 Å². The van der Waals surface area contributed by atoms with Gasteiger partial charge in [-0.2, -0.15) is 0 Å². The zero-order chi connectivity index (χ0) is 14.5. The van der Waals surface area contributed by atoms with Crippen molar-refractivity contribution in [2.45, 2.75) is 52.0 Å². The maximum atomic E-state index is 6.01. The lowest BCUT2D eigenvalue weighted by molar-refractivity contribution is 0.459. The third-order valence-corrected chi connectivity index (χ3v) is 4.84. The molecule has 0 spiro atoms. The summed E-state index contributed by atoms with van der Waals surface area (Å²) in [4.78, 5) is 2.57. The Kier molecular flexibility index (Phi) is 5.91. The van der Waals surface area contributed by atoms with Gasteiger partial charge in [0.25, 0.3) is 0 Å². The molecule has 2 nitrogen and oxygen atoms in total. The zero-order valence-corrected chi connectivity index (χ0v) is 14.3. The van der Waals surface area contributed by atoms with Crippen LogP contribution in [0.25, 0.3) is 0 Å². The Morgan fingerprint density at radius 1 is 1.35 bits per heavy atom. The summed E-state index contributed by atoms with van der Waals surface area (Å²) in [6, 6.07) is 6.86. The lowest BCUT2D eigenvalue weighted by Gasteiger charge is -2.26. The van der Waals surface area contributed by atoms with Crippen molar-refractivity contribution in [2.75, 3.05) is 18.0 Å². The molecule has 0 saturated carbocycles. The number of benzene rings is 1. The van der Waals surface area contributed by atoms with Crippen LogP contribution in [0, 0.1) is 5.92 Å². The quantitative estimate of drug-likeness (QED) is 0.883. The standard InChI is InChI=1S/C17H27BrN2/c1-3-14-5-4-9-20(10-8-14)17-7-6-16(18)12-15(17)11-13(2)19/h6-7,12-14H,3-5,8-11,19H2,1-2H3. The van der Waals surface area contributed by atoms with Crippen molar-refractivity contribution >= 4 is 21.6 Å². The molecule has 1 aliphatic heterocycles. The molecule has 3 heteroatoms. The van der Waals surface area contributed by atoms with Crippen LogP contribution in [0.15, 0.2) is 22.7 Å². The van der Waals surface area contributed by atoms with Crippen LogP contribution in [0.1, 0.15) is 45.1 Å². The molecule has 1 fully saturated rings. The van der Waals surface area contributed by atoms with E-state index in [1.807, 2.05) is 0 Å². The highest BCUT2D eigenvalue weighted by molar-refractivity contribution is 9.10. The molecule has 2 atom stereocenters. The maximum absolute atomic E-state index is 6.01. The molecular weight excluding hydrogens is 312 g/mol. The van der Waals surface area contributed by atoms with Crippen LogP contribution in [0.4, 0.5) is 5.69 Å². The van der Waals surface area contributed by atoms with E-state index in [0.29, 0.717) is 0 Å². The maximum Gasteiger partial charge on any atom is 0.0400 e. The van der Waals surface area contributed by atoms with Crippen molar-refractivity contribution in [3.63, 3.8) is 0 Å². The van der Waals surface area contributed by atoms with Crippen LogP contribution in [0.3, 0.4) is 0 Å². The van der Waals surface area contributed by atoms with Gasteiger partial charge in [-0.3, -0.25) is 0 Å². The molecule has 0 bridgehead atoms. The van der Waals surface area contributed by atoms with Gasteiger partial charge in [0.15, 0.2) is 0 Å². The van der Waals surface area contributed by atoms with E-state index in [1.165, 1.54) is 50.0 Å². The molecule has 0 aromatic heterocycles. The van der Waals surface area contributed by atoms with Gasteiger partial charge in [-0.15, -0.1) is 0 Å². The number of nitrogens with two attached hydrogens (primary N) is 1. The second-order valence-electron chi connectivity index (χ2n) is 6.15. The predicted octanol–water partition coefficient (Wildman–Crippen LogP) is 4.36. The highest BCUT2D eigenvalue weighted by Gasteiger charge is 2.18. The first-order chi connectivity index (χ1) is 9.60. The Hall–Kier alpha value is -0.540. The van der Waals surface area contributed by atoms with Gasteiger partial charge < -0.3 is 10.6 Å². The second-order valence-corrected chi connectivity index (χ2v) is 7.06. The van der Waals surface area contributed by atoms with Crippen LogP contribution in [0.5, 0.6) is 0 Å². The van der Waals surface area contributed by atoms with E-state index < -0.39 is 0 Å². The molecule has 0 radical (unpaired) electrons. The minimum Gasteiger partial charge on any atom is -0.371 e. The highest BCUT2D eigenvalue weighted by atomic mass is 79.9. The van der Waals surface area contributed by atoms with Gasteiger partial charge in [0, 0.05) is 29.3 Å². The second kappa shape index (κ2) is 7.46. The summed E-state index contributed by atoms with van der Waals surface area (Å²) >= 11 is 3.59. The summed E-state index contributed by atoms with van der Waals surface area (Å²) in [6.07, 6.45) is 6.28. The molecule has 0 amide bonds. The molecular formula is C17H27BrN2.